The summed E-state index contributed by atoms with van der Waals surface area (Å²) in [4.78, 5) is 10.9. The van der Waals surface area contributed by atoms with E-state index >= 15 is 0 Å². The van der Waals surface area contributed by atoms with E-state index in [0.29, 0.717) is 0 Å². The quantitative estimate of drug-likeness (QED) is 0.475. The molecule has 0 saturated heterocycles. The van der Waals surface area contributed by atoms with Gasteiger partial charge in [-0.25, -0.2) is 9.78 Å². The van der Waals surface area contributed by atoms with Gasteiger partial charge >= 0.3 is 0 Å². The van der Waals surface area contributed by atoms with Crippen LogP contribution in [0.15, 0.2) is 30.4 Å². The number of aryl methyl sites for hydroxylation is 1. The Morgan fingerprint density at radius 2 is 1.67 bits per heavy atom. The summed E-state index contributed by atoms with van der Waals surface area (Å²) < 4.78 is 0. The predicted octanol–water partition coefficient (Wildman–Crippen LogP) is 2.96. The Hall–Kier alpha value is -1.12. The van der Waals surface area contributed by atoms with Crippen LogP contribution < -0.4 is 0 Å². The average molecular weight is 202 g/mol. The van der Waals surface area contributed by atoms with E-state index in [1.807, 2.05) is 13.8 Å². The van der Waals surface area contributed by atoms with Crippen LogP contribution in [0, 0.1) is 6.92 Å². The fraction of sp³-hybridized carbons (Fsp3) is 0.385. The number of rotatable bonds is 0. The molecule has 0 fully saturated rings. The number of hydrogen-bond acceptors (Lipinski definition) is 2. The first-order chi connectivity index (χ1) is 7.05. The van der Waals surface area contributed by atoms with Gasteiger partial charge in [-0.05, 0) is 44.1 Å². The van der Waals surface area contributed by atoms with Gasteiger partial charge in [0.25, 0.3) is 0 Å². The molecule has 2 heteroatoms. The molecule has 2 nitrogen and oxygen atoms in total. The second-order valence-corrected chi connectivity index (χ2v) is 4.71. The van der Waals surface area contributed by atoms with Crippen LogP contribution in [0.25, 0.3) is 0 Å². The van der Waals surface area contributed by atoms with E-state index < -0.39 is 11.2 Å². The van der Waals surface area contributed by atoms with Crippen molar-refractivity contribution in [1.82, 2.24) is 0 Å². The fourth-order valence-electron chi connectivity index (χ4n) is 2.55. The van der Waals surface area contributed by atoms with Crippen molar-refractivity contribution < 1.29 is 9.78 Å². The highest BCUT2D eigenvalue weighted by Gasteiger charge is 2.47. The lowest BCUT2D eigenvalue weighted by Gasteiger charge is -2.46. The van der Waals surface area contributed by atoms with Crippen LogP contribution in [0.1, 0.15) is 30.5 Å². The minimum Gasteiger partial charge on any atom is -0.220 e. The average Bonchev–Trinajstić information content (AvgIpc) is 2.22. The van der Waals surface area contributed by atoms with Crippen molar-refractivity contribution in [2.24, 2.45) is 0 Å². The minimum absolute atomic E-state index is 0.418. The molecule has 2 bridgehead atoms. The molecule has 0 amide bonds. The van der Waals surface area contributed by atoms with E-state index in [-0.39, 0.29) is 0 Å². The maximum Gasteiger partial charge on any atom is 0.145 e. The highest BCUT2D eigenvalue weighted by molar-refractivity contribution is 5.50. The first kappa shape index (κ1) is 9.13. The molecule has 2 unspecified atom stereocenters. The second-order valence-electron chi connectivity index (χ2n) is 4.71. The maximum absolute atomic E-state index is 5.49. The molecule has 2 aliphatic heterocycles. The molecule has 15 heavy (non-hydrogen) atoms. The monoisotopic (exact) mass is 202 g/mol. The van der Waals surface area contributed by atoms with Crippen molar-refractivity contribution in [3.63, 3.8) is 0 Å². The first-order valence-electron chi connectivity index (χ1n) is 5.23. The summed E-state index contributed by atoms with van der Waals surface area (Å²) in [6, 6.07) is 6.30. The van der Waals surface area contributed by atoms with Gasteiger partial charge in [0.2, 0.25) is 0 Å². The van der Waals surface area contributed by atoms with Crippen LogP contribution >= 0.6 is 0 Å². The Bertz CT molecular complexity index is 464. The first-order valence-corrected chi connectivity index (χ1v) is 5.23. The number of benzene rings is 1. The fourth-order valence-corrected chi connectivity index (χ4v) is 2.55. The Kier molecular flexibility index (Phi) is 1.53. The van der Waals surface area contributed by atoms with Crippen molar-refractivity contribution in [2.45, 2.75) is 32.0 Å². The van der Waals surface area contributed by atoms with E-state index in [1.54, 1.807) is 0 Å². The van der Waals surface area contributed by atoms with Crippen LogP contribution in [0.3, 0.4) is 0 Å². The van der Waals surface area contributed by atoms with Gasteiger partial charge < -0.3 is 0 Å². The summed E-state index contributed by atoms with van der Waals surface area (Å²) in [7, 11) is 0. The van der Waals surface area contributed by atoms with E-state index in [4.69, 9.17) is 9.78 Å². The lowest BCUT2D eigenvalue weighted by molar-refractivity contribution is -0.415. The number of hydrogen-bond donors (Lipinski definition) is 0. The van der Waals surface area contributed by atoms with Crippen molar-refractivity contribution in [3.8, 4) is 0 Å². The van der Waals surface area contributed by atoms with Gasteiger partial charge in [-0.15, -0.1) is 0 Å². The van der Waals surface area contributed by atoms with Crippen LogP contribution in [0.4, 0.5) is 0 Å². The van der Waals surface area contributed by atoms with Gasteiger partial charge in [0.05, 0.1) is 0 Å². The van der Waals surface area contributed by atoms with Gasteiger partial charge in [-0.1, -0.05) is 18.2 Å². The van der Waals surface area contributed by atoms with Gasteiger partial charge in [-0.3, -0.25) is 0 Å². The third-order valence-corrected chi connectivity index (χ3v) is 3.41. The maximum atomic E-state index is 5.49. The summed E-state index contributed by atoms with van der Waals surface area (Å²) in [5, 5.41) is 0. The lowest BCUT2D eigenvalue weighted by atomic mass is 9.75. The minimum atomic E-state index is -0.418. The molecular formula is C13H14O2. The van der Waals surface area contributed by atoms with Crippen LogP contribution in [0.5, 0.6) is 0 Å². The zero-order valence-electron chi connectivity index (χ0n) is 9.20. The zero-order chi connectivity index (χ0) is 10.7. The molecule has 0 aromatic heterocycles. The molecule has 3 aliphatic rings. The summed E-state index contributed by atoms with van der Waals surface area (Å²) in [6.45, 7) is 6.18. The Labute approximate surface area is 89.4 Å². The Balaban J connectivity index is 2.38. The molecule has 1 aliphatic carbocycles. The smallest absolute Gasteiger partial charge is 0.145 e. The summed E-state index contributed by atoms with van der Waals surface area (Å²) in [6.07, 6.45) is 4.17. The van der Waals surface area contributed by atoms with Crippen molar-refractivity contribution in [2.75, 3.05) is 0 Å². The highest BCUT2D eigenvalue weighted by atomic mass is 17.2. The third-order valence-electron chi connectivity index (χ3n) is 3.41. The summed E-state index contributed by atoms with van der Waals surface area (Å²) in [5.74, 6) is 0. The van der Waals surface area contributed by atoms with E-state index in [0.717, 1.165) is 0 Å². The normalized spacial score (nSPS) is 36.7. The lowest BCUT2D eigenvalue weighted by Crippen LogP contribution is -2.44. The highest BCUT2D eigenvalue weighted by Crippen LogP contribution is 2.49. The molecule has 2 heterocycles. The van der Waals surface area contributed by atoms with Crippen molar-refractivity contribution in [3.05, 3.63) is 47.0 Å². The predicted molar refractivity (Wildman–Crippen MR) is 57.2 cm³/mol. The molecule has 0 radical (unpaired) electrons. The largest absolute Gasteiger partial charge is 0.220 e. The van der Waals surface area contributed by atoms with E-state index in [1.165, 1.54) is 16.7 Å². The van der Waals surface area contributed by atoms with Crippen molar-refractivity contribution in [1.29, 1.82) is 0 Å². The Morgan fingerprint density at radius 1 is 1.00 bits per heavy atom. The van der Waals surface area contributed by atoms with Gasteiger partial charge in [0.15, 0.2) is 0 Å². The van der Waals surface area contributed by atoms with E-state index in [2.05, 4.69) is 37.3 Å². The standard InChI is InChI=1S/C13H14O2/c1-9-5-4-6-10-11(9)13(3)8-7-12(10,2)14-15-13/h4-8H,1-3H3. The molecule has 0 spiro atoms. The molecule has 1 aromatic rings. The van der Waals surface area contributed by atoms with Gasteiger partial charge in [0, 0.05) is 5.56 Å². The van der Waals surface area contributed by atoms with E-state index in [9.17, 15) is 0 Å². The molecule has 78 valence electrons. The molecule has 1 aromatic carbocycles. The van der Waals surface area contributed by atoms with Crippen LogP contribution in [-0.2, 0) is 21.0 Å². The van der Waals surface area contributed by atoms with Crippen LogP contribution in [-0.4, -0.2) is 0 Å². The molecule has 0 N–H and O–H groups in total. The topological polar surface area (TPSA) is 18.5 Å². The second kappa shape index (κ2) is 2.52. The molecular weight excluding hydrogens is 188 g/mol. The summed E-state index contributed by atoms with van der Waals surface area (Å²) in [5.41, 5.74) is 2.89. The number of fused-ring (bicyclic) bond motifs is 1. The van der Waals surface area contributed by atoms with Gasteiger partial charge in [-0.2, -0.15) is 0 Å². The third kappa shape index (κ3) is 1.01. The molecule has 4 rings (SSSR count). The summed E-state index contributed by atoms with van der Waals surface area (Å²) >= 11 is 0. The van der Waals surface area contributed by atoms with Gasteiger partial charge in [0.1, 0.15) is 11.2 Å². The zero-order valence-corrected chi connectivity index (χ0v) is 9.20. The SMILES string of the molecule is Cc1cccc2c1C1(C)C=CC2(C)OO1. The van der Waals surface area contributed by atoms with Crippen LogP contribution in [0.2, 0.25) is 0 Å². The Morgan fingerprint density at radius 3 is 2.27 bits per heavy atom. The molecule has 2 atom stereocenters. The molecule has 0 saturated carbocycles. The van der Waals surface area contributed by atoms with Crippen molar-refractivity contribution >= 4 is 0 Å².